The van der Waals surface area contributed by atoms with Gasteiger partial charge in [-0.15, -0.1) is 0 Å². The predicted octanol–water partition coefficient (Wildman–Crippen LogP) is 0.474. The van der Waals surface area contributed by atoms with Gasteiger partial charge in [-0.25, -0.2) is 4.79 Å². The van der Waals surface area contributed by atoms with E-state index in [0.29, 0.717) is 0 Å². The van der Waals surface area contributed by atoms with Crippen molar-refractivity contribution in [2.75, 3.05) is 0 Å². The molecule has 0 saturated carbocycles. The third-order valence-electron chi connectivity index (χ3n) is 1.09. The first-order valence-electron chi connectivity index (χ1n) is 3.09. The van der Waals surface area contributed by atoms with E-state index in [1.807, 2.05) is 24.1 Å². The molecule has 0 unspecified atom stereocenters. The zero-order chi connectivity index (χ0) is 8.10. The van der Waals surface area contributed by atoms with Crippen molar-refractivity contribution in [2.24, 2.45) is 0 Å². The molecule has 0 saturated heterocycles. The zero-order valence-corrected chi connectivity index (χ0v) is 5.74. The van der Waals surface area contributed by atoms with Crippen LogP contribution in [0.1, 0.15) is 5.56 Å². The molecule has 0 radical (unpaired) electrons. The Balaban J connectivity index is 0.00000121. The van der Waals surface area contributed by atoms with E-state index in [-0.39, 0.29) is 51.4 Å². The topological polar surface area (TPSA) is 37.3 Å². The Kier molecular flexibility index (Phi) is 6.35. The fourth-order valence-electron chi connectivity index (χ4n) is 0.647. The minimum atomic E-state index is -1.10. The maximum atomic E-state index is 10.00. The predicted molar refractivity (Wildman–Crippen MR) is 48.1 cm³/mol. The maximum absolute atomic E-state index is 10.00. The average Bonchev–Trinajstić information content (AvgIpc) is 2.03. The molecule has 0 fully saturated rings. The van der Waals surface area contributed by atoms with Crippen LogP contribution in [0.5, 0.6) is 0 Å². The quantitative estimate of drug-likeness (QED) is 0.472. The van der Waals surface area contributed by atoms with Gasteiger partial charge >= 0.3 is 57.4 Å². The van der Waals surface area contributed by atoms with Crippen LogP contribution < -0.4 is 0 Å². The standard InChI is InChI=1S/C9H6O2.K.H/c10-9(11)7-6-8-4-2-1-3-5-8;;/h1-5H,(H,10,11);;. The molecule has 1 aromatic carbocycles. The van der Waals surface area contributed by atoms with E-state index < -0.39 is 5.97 Å². The van der Waals surface area contributed by atoms with Gasteiger partial charge in [-0.2, -0.15) is 0 Å². The van der Waals surface area contributed by atoms with E-state index in [9.17, 15) is 4.79 Å². The van der Waals surface area contributed by atoms with E-state index in [0.717, 1.165) is 5.56 Å². The summed E-state index contributed by atoms with van der Waals surface area (Å²) in [5, 5.41) is 8.20. The second kappa shape index (κ2) is 6.41. The summed E-state index contributed by atoms with van der Waals surface area (Å²) in [6, 6.07) is 9.00. The van der Waals surface area contributed by atoms with Crippen LogP contribution in [0.25, 0.3) is 0 Å². The fraction of sp³-hybridized carbons (Fsp3) is 0. The van der Waals surface area contributed by atoms with Crippen molar-refractivity contribution in [2.45, 2.75) is 0 Å². The molecule has 0 amide bonds. The zero-order valence-electron chi connectivity index (χ0n) is 5.74. The first-order valence-corrected chi connectivity index (χ1v) is 3.09. The molecule has 1 N–H and O–H groups in total. The van der Waals surface area contributed by atoms with Gasteiger partial charge in [-0.1, -0.05) is 24.1 Å². The number of hydrogen-bond acceptors (Lipinski definition) is 1. The number of aliphatic carboxylic acids is 1. The molecule has 12 heavy (non-hydrogen) atoms. The molecule has 0 aliphatic heterocycles. The Morgan fingerprint density at radius 3 is 2.33 bits per heavy atom. The summed E-state index contributed by atoms with van der Waals surface area (Å²) >= 11 is 0. The number of hydrogen-bond donors (Lipinski definition) is 1. The number of carbonyl (C=O) groups is 1. The molecule has 56 valence electrons. The van der Waals surface area contributed by atoms with Crippen LogP contribution in [0, 0.1) is 11.8 Å². The van der Waals surface area contributed by atoms with Gasteiger partial charge in [0.1, 0.15) is 0 Å². The molecule has 3 heteroatoms. The Labute approximate surface area is 113 Å². The Hall–Kier alpha value is -0.114. The summed E-state index contributed by atoms with van der Waals surface area (Å²) in [6.07, 6.45) is 0. The van der Waals surface area contributed by atoms with Crippen molar-refractivity contribution in [3.8, 4) is 11.8 Å². The van der Waals surface area contributed by atoms with Crippen LogP contribution in [-0.2, 0) is 4.79 Å². The molecule has 0 aliphatic rings. The van der Waals surface area contributed by atoms with Crippen molar-refractivity contribution in [3.05, 3.63) is 35.9 Å². The van der Waals surface area contributed by atoms with Gasteiger partial charge in [0.25, 0.3) is 0 Å². The SMILES string of the molecule is O=C(O)C#Cc1ccccc1.[KH]. The third-order valence-corrected chi connectivity index (χ3v) is 1.09. The van der Waals surface area contributed by atoms with E-state index in [1.54, 1.807) is 12.1 Å². The van der Waals surface area contributed by atoms with Crippen molar-refractivity contribution < 1.29 is 9.90 Å². The molecular weight excluding hydrogens is 179 g/mol. The van der Waals surface area contributed by atoms with E-state index in [1.165, 1.54) is 0 Å². The van der Waals surface area contributed by atoms with Gasteiger partial charge in [-0.3, -0.25) is 0 Å². The second-order valence-electron chi connectivity index (χ2n) is 1.92. The fourth-order valence-corrected chi connectivity index (χ4v) is 0.647. The molecule has 1 aromatic rings. The van der Waals surface area contributed by atoms with Gasteiger partial charge in [0, 0.05) is 11.5 Å². The normalized spacial score (nSPS) is 7.33. The molecule has 0 atom stereocenters. The van der Waals surface area contributed by atoms with Crippen LogP contribution in [-0.4, -0.2) is 62.5 Å². The minimum absolute atomic E-state index is 0. The molecule has 0 spiro atoms. The average molecular weight is 186 g/mol. The first kappa shape index (κ1) is 11.9. The summed E-state index contributed by atoms with van der Waals surface area (Å²) < 4.78 is 0. The molecule has 0 aliphatic carbocycles. The van der Waals surface area contributed by atoms with Crippen molar-refractivity contribution >= 4 is 57.4 Å². The summed E-state index contributed by atoms with van der Waals surface area (Å²) in [7, 11) is 0. The molecular formula is C9H7KO2. The van der Waals surface area contributed by atoms with Crippen LogP contribution in [0.15, 0.2) is 30.3 Å². The third kappa shape index (κ3) is 4.70. The Morgan fingerprint density at radius 2 is 1.83 bits per heavy atom. The van der Waals surface area contributed by atoms with Crippen molar-refractivity contribution in [3.63, 3.8) is 0 Å². The summed E-state index contributed by atoms with van der Waals surface area (Å²) in [4.78, 5) is 10.00. The van der Waals surface area contributed by atoms with Gasteiger partial charge in [-0.05, 0) is 12.1 Å². The summed E-state index contributed by atoms with van der Waals surface area (Å²) in [6.45, 7) is 0. The number of carboxylic acid groups (broad SMARTS) is 1. The van der Waals surface area contributed by atoms with Crippen molar-refractivity contribution in [1.82, 2.24) is 0 Å². The van der Waals surface area contributed by atoms with Crippen LogP contribution >= 0.6 is 0 Å². The monoisotopic (exact) mass is 186 g/mol. The van der Waals surface area contributed by atoms with E-state index >= 15 is 0 Å². The summed E-state index contributed by atoms with van der Waals surface area (Å²) in [5.74, 6) is 3.42. The summed E-state index contributed by atoms with van der Waals surface area (Å²) in [5.41, 5.74) is 0.718. The molecule has 0 aromatic heterocycles. The number of rotatable bonds is 0. The van der Waals surface area contributed by atoms with Crippen LogP contribution in [0.2, 0.25) is 0 Å². The van der Waals surface area contributed by atoms with Crippen molar-refractivity contribution in [1.29, 1.82) is 0 Å². The van der Waals surface area contributed by atoms with Gasteiger partial charge in [0.05, 0.1) is 0 Å². The van der Waals surface area contributed by atoms with Gasteiger partial charge < -0.3 is 5.11 Å². The Bertz CT molecular complexity index is 308. The number of carboxylic acids is 1. The Morgan fingerprint density at radius 1 is 1.25 bits per heavy atom. The molecule has 0 bridgehead atoms. The molecule has 2 nitrogen and oxygen atoms in total. The van der Waals surface area contributed by atoms with E-state index in [2.05, 4.69) is 5.92 Å². The molecule has 1 rings (SSSR count). The van der Waals surface area contributed by atoms with Gasteiger partial charge in [0.15, 0.2) is 0 Å². The van der Waals surface area contributed by atoms with Crippen LogP contribution in [0.4, 0.5) is 0 Å². The van der Waals surface area contributed by atoms with Gasteiger partial charge in [0.2, 0.25) is 0 Å². The van der Waals surface area contributed by atoms with Crippen LogP contribution in [0.3, 0.4) is 0 Å². The number of benzene rings is 1. The van der Waals surface area contributed by atoms with E-state index in [4.69, 9.17) is 5.11 Å². The first-order chi connectivity index (χ1) is 5.29. The second-order valence-corrected chi connectivity index (χ2v) is 1.92. The molecule has 0 heterocycles.